The molecule has 1 N–H and O–H groups in total. The average Bonchev–Trinajstić information content (AvgIpc) is 3.05. The molecule has 0 aliphatic carbocycles. The zero-order valence-electron chi connectivity index (χ0n) is 16.7. The molecule has 5 heteroatoms. The first-order chi connectivity index (χ1) is 13.5. The molecule has 0 aliphatic rings. The monoisotopic (exact) mass is 382 g/mol. The Morgan fingerprint density at radius 1 is 1.18 bits per heavy atom. The van der Waals surface area contributed by atoms with Crippen LogP contribution in [-0.4, -0.2) is 17.0 Å². The lowest BCUT2D eigenvalue weighted by Gasteiger charge is -2.11. The third-order valence-corrected chi connectivity index (χ3v) is 4.60. The molecular weight excluding hydrogens is 355 g/mol. The fourth-order valence-electron chi connectivity index (χ4n) is 3.19. The Bertz CT molecular complexity index is 962. The van der Waals surface area contributed by atoms with Crippen molar-refractivity contribution in [3.05, 3.63) is 65.6 Å². The van der Waals surface area contributed by atoms with E-state index < -0.39 is 0 Å². The number of ether oxygens (including phenoxy) is 1. The number of nitrogens with zero attached hydrogens (tertiary/aromatic N) is 1. The Morgan fingerprint density at radius 3 is 2.68 bits per heavy atom. The van der Waals surface area contributed by atoms with Crippen molar-refractivity contribution in [3.63, 3.8) is 0 Å². The van der Waals surface area contributed by atoms with Gasteiger partial charge < -0.3 is 14.6 Å². The number of rotatable bonds is 8. The van der Waals surface area contributed by atoms with E-state index in [9.17, 15) is 9.18 Å². The molecule has 3 aromatic rings. The molecule has 1 heterocycles. The number of halogens is 1. The fraction of sp³-hybridized carbons (Fsp3) is 0.348. The largest absolute Gasteiger partial charge is 0.488 e. The molecule has 0 aliphatic heterocycles. The van der Waals surface area contributed by atoms with Gasteiger partial charge in [-0.05, 0) is 36.6 Å². The summed E-state index contributed by atoms with van der Waals surface area (Å²) >= 11 is 0. The maximum absolute atomic E-state index is 13.9. The number of hydrogen-bond donors (Lipinski definition) is 1. The summed E-state index contributed by atoms with van der Waals surface area (Å²) in [5.74, 6) is 0.659. The number of nitrogens with one attached hydrogen (secondary N) is 1. The van der Waals surface area contributed by atoms with E-state index in [2.05, 4.69) is 26.1 Å². The van der Waals surface area contributed by atoms with E-state index in [1.54, 1.807) is 18.2 Å². The van der Waals surface area contributed by atoms with Crippen LogP contribution in [0.2, 0.25) is 0 Å². The van der Waals surface area contributed by atoms with Crippen molar-refractivity contribution < 1.29 is 13.9 Å². The Hall–Kier alpha value is -2.82. The fourth-order valence-corrected chi connectivity index (χ4v) is 3.19. The van der Waals surface area contributed by atoms with E-state index in [-0.39, 0.29) is 18.3 Å². The molecule has 0 saturated heterocycles. The highest BCUT2D eigenvalue weighted by atomic mass is 19.1. The molecule has 0 fully saturated rings. The summed E-state index contributed by atoms with van der Waals surface area (Å²) in [7, 11) is 0. The molecule has 0 unspecified atom stereocenters. The molecule has 1 aromatic heterocycles. The normalized spacial score (nSPS) is 11.2. The van der Waals surface area contributed by atoms with Crippen LogP contribution in [0, 0.1) is 11.7 Å². The summed E-state index contributed by atoms with van der Waals surface area (Å²) in [6.07, 6.45) is 0.911. The van der Waals surface area contributed by atoms with Crippen molar-refractivity contribution >= 4 is 16.8 Å². The minimum atomic E-state index is -0.285. The van der Waals surface area contributed by atoms with Crippen LogP contribution in [0.1, 0.15) is 43.2 Å². The van der Waals surface area contributed by atoms with Crippen molar-refractivity contribution in [2.75, 3.05) is 6.54 Å². The third-order valence-electron chi connectivity index (χ3n) is 4.60. The molecular formula is C23H27FN2O2. The summed E-state index contributed by atoms with van der Waals surface area (Å²) < 4.78 is 21.8. The van der Waals surface area contributed by atoms with Gasteiger partial charge in [0.2, 0.25) is 0 Å². The second-order valence-corrected chi connectivity index (χ2v) is 7.35. The highest BCUT2D eigenvalue weighted by Gasteiger charge is 2.18. The van der Waals surface area contributed by atoms with Gasteiger partial charge in [0, 0.05) is 24.0 Å². The Balaban J connectivity index is 1.93. The van der Waals surface area contributed by atoms with Crippen molar-refractivity contribution in [1.29, 1.82) is 0 Å². The van der Waals surface area contributed by atoms with Crippen molar-refractivity contribution in [1.82, 2.24) is 9.88 Å². The highest BCUT2D eigenvalue weighted by molar-refractivity contribution is 6.00. The molecule has 0 radical (unpaired) electrons. The van der Waals surface area contributed by atoms with Gasteiger partial charge in [-0.2, -0.15) is 0 Å². The summed E-state index contributed by atoms with van der Waals surface area (Å²) in [5.41, 5.74) is 2.07. The van der Waals surface area contributed by atoms with Gasteiger partial charge >= 0.3 is 0 Å². The van der Waals surface area contributed by atoms with Crippen LogP contribution in [-0.2, 0) is 13.2 Å². The number of hydrogen-bond acceptors (Lipinski definition) is 2. The predicted molar refractivity (Wildman–Crippen MR) is 110 cm³/mol. The summed E-state index contributed by atoms with van der Waals surface area (Å²) in [4.78, 5) is 12.7. The topological polar surface area (TPSA) is 43.3 Å². The Morgan fingerprint density at radius 2 is 1.96 bits per heavy atom. The molecule has 4 nitrogen and oxygen atoms in total. The smallest absolute Gasteiger partial charge is 0.267 e. The summed E-state index contributed by atoms with van der Waals surface area (Å²) in [5, 5.41) is 3.86. The molecule has 1 amide bonds. The van der Waals surface area contributed by atoms with Crippen LogP contribution >= 0.6 is 0 Å². The van der Waals surface area contributed by atoms with Crippen LogP contribution in [0.25, 0.3) is 10.9 Å². The minimum Gasteiger partial charge on any atom is -0.488 e. The zero-order valence-corrected chi connectivity index (χ0v) is 16.7. The lowest BCUT2D eigenvalue weighted by Crippen LogP contribution is -2.29. The quantitative estimate of drug-likeness (QED) is 0.585. The molecule has 28 heavy (non-hydrogen) atoms. The maximum Gasteiger partial charge on any atom is 0.267 e. The molecule has 148 valence electrons. The number of benzene rings is 2. The van der Waals surface area contributed by atoms with Crippen LogP contribution in [0.4, 0.5) is 4.39 Å². The molecule has 2 aromatic carbocycles. The van der Waals surface area contributed by atoms with E-state index in [0.29, 0.717) is 29.5 Å². The SMILES string of the molecule is CCCn1c(C(=O)NCC(C)C)cc2c(OCc3ccccc3F)cccc21. The van der Waals surface area contributed by atoms with Gasteiger partial charge in [0.15, 0.2) is 0 Å². The first kappa shape index (κ1) is 19.9. The van der Waals surface area contributed by atoms with Gasteiger partial charge in [-0.15, -0.1) is 0 Å². The van der Waals surface area contributed by atoms with E-state index in [1.807, 2.05) is 28.8 Å². The van der Waals surface area contributed by atoms with E-state index in [1.165, 1.54) is 6.07 Å². The molecule has 0 bridgehead atoms. The van der Waals surface area contributed by atoms with E-state index in [0.717, 1.165) is 23.9 Å². The van der Waals surface area contributed by atoms with Crippen LogP contribution in [0.5, 0.6) is 5.75 Å². The lowest BCUT2D eigenvalue weighted by molar-refractivity contribution is 0.0940. The first-order valence-corrected chi connectivity index (χ1v) is 9.78. The zero-order chi connectivity index (χ0) is 20.1. The molecule has 0 saturated carbocycles. The number of carbonyl (C=O) groups excluding carboxylic acids is 1. The minimum absolute atomic E-state index is 0.0848. The predicted octanol–water partition coefficient (Wildman–Crippen LogP) is 5.16. The summed E-state index contributed by atoms with van der Waals surface area (Å²) in [6, 6.07) is 14.2. The van der Waals surface area contributed by atoms with Gasteiger partial charge in [0.05, 0.1) is 5.52 Å². The lowest BCUT2D eigenvalue weighted by atomic mass is 10.2. The van der Waals surface area contributed by atoms with Crippen LogP contribution in [0.15, 0.2) is 48.5 Å². The van der Waals surface area contributed by atoms with Gasteiger partial charge in [-0.25, -0.2) is 4.39 Å². The van der Waals surface area contributed by atoms with Crippen molar-refractivity contribution in [2.24, 2.45) is 5.92 Å². The van der Waals surface area contributed by atoms with Crippen molar-refractivity contribution in [3.8, 4) is 5.75 Å². The third kappa shape index (κ3) is 4.35. The van der Waals surface area contributed by atoms with Gasteiger partial charge in [-0.1, -0.05) is 45.0 Å². The maximum atomic E-state index is 13.9. The van der Waals surface area contributed by atoms with Gasteiger partial charge in [0.1, 0.15) is 23.9 Å². The van der Waals surface area contributed by atoms with E-state index >= 15 is 0 Å². The van der Waals surface area contributed by atoms with E-state index in [4.69, 9.17) is 4.74 Å². The van der Waals surface area contributed by atoms with Gasteiger partial charge in [0.25, 0.3) is 5.91 Å². The number of aryl methyl sites for hydroxylation is 1. The summed E-state index contributed by atoms with van der Waals surface area (Å²) in [6.45, 7) is 7.72. The Labute approximate surface area is 165 Å². The first-order valence-electron chi connectivity index (χ1n) is 9.78. The van der Waals surface area contributed by atoms with Gasteiger partial charge in [-0.3, -0.25) is 4.79 Å². The number of amides is 1. The molecule has 3 rings (SSSR count). The van der Waals surface area contributed by atoms with Crippen molar-refractivity contribution in [2.45, 2.75) is 40.3 Å². The second kappa shape index (κ2) is 8.91. The molecule has 0 spiro atoms. The Kier molecular flexibility index (Phi) is 6.34. The standard InChI is InChI=1S/C23H27FN2O2/c1-4-12-26-20-10-7-11-22(28-15-17-8-5-6-9-19(17)24)18(20)13-21(26)23(27)25-14-16(2)3/h5-11,13,16H,4,12,14-15H2,1-3H3,(H,25,27). The molecule has 0 atom stereocenters. The number of carbonyl (C=O) groups is 1. The van der Waals surface area contributed by atoms with Crippen LogP contribution < -0.4 is 10.1 Å². The highest BCUT2D eigenvalue weighted by Crippen LogP contribution is 2.30. The second-order valence-electron chi connectivity index (χ2n) is 7.35. The average molecular weight is 382 g/mol. The number of aromatic nitrogens is 1. The number of fused-ring (bicyclic) bond motifs is 1. The van der Waals surface area contributed by atoms with Crippen LogP contribution in [0.3, 0.4) is 0 Å².